The van der Waals surface area contributed by atoms with Gasteiger partial charge in [-0.3, -0.25) is 13.9 Å². The first-order chi connectivity index (χ1) is 18.1. The van der Waals surface area contributed by atoms with Gasteiger partial charge < -0.3 is 10.1 Å². The molecule has 3 aromatic carbocycles. The third-order valence-corrected chi connectivity index (χ3v) is 6.78. The van der Waals surface area contributed by atoms with E-state index in [2.05, 4.69) is 15.8 Å². The van der Waals surface area contributed by atoms with E-state index < -0.39 is 22.5 Å². The second-order valence-corrected chi connectivity index (χ2v) is 10.9. The smallest absolute Gasteiger partial charge is 0.260 e. The maximum Gasteiger partial charge on any atom is 0.260 e. The molecule has 0 saturated heterocycles. The van der Waals surface area contributed by atoms with Gasteiger partial charge in [-0.2, -0.15) is 5.10 Å². The molecule has 2 amide bonds. The number of carbonyl (C=O) groups excluding carboxylic acids is 2. The molecule has 0 aromatic heterocycles. The van der Waals surface area contributed by atoms with Crippen molar-refractivity contribution in [2.45, 2.75) is 6.42 Å². The molecule has 0 fully saturated rings. The van der Waals surface area contributed by atoms with Crippen molar-refractivity contribution in [2.24, 2.45) is 5.10 Å². The number of benzene rings is 3. The minimum atomic E-state index is -3.83. The highest BCUT2D eigenvalue weighted by atomic mass is 35.5. The van der Waals surface area contributed by atoms with Gasteiger partial charge in [-0.15, -0.1) is 0 Å². The molecule has 38 heavy (non-hydrogen) atoms. The fraction of sp³-hybridized carbons (Fsp3) is 0.192. The van der Waals surface area contributed by atoms with Crippen LogP contribution in [-0.2, 0) is 26.0 Å². The normalized spacial score (nSPS) is 11.2. The number of halogens is 2. The summed E-state index contributed by atoms with van der Waals surface area (Å²) in [6.45, 7) is -0.149. The largest absolute Gasteiger partial charge is 0.484 e. The van der Waals surface area contributed by atoms with Crippen LogP contribution in [-0.4, -0.2) is 52.4 Å². The van der Waals surface area contributed by atoms with E-state index in [0.717, 1.165) is 22.5 Å². The Balaban J connectivity index is 1.46. The van der Waals surface area contributed by atoms with E-state index in [1.807, 2.05) is 30.3 Å². The molecule has 0 unspecified atom stereocenters. The van der Waals surface area contributed by atoms with Crippen LogP contribution in [0.5, 0.6) is 5.75 Å². The maximum absolute atomic E-state index is 12.4. The summed E-state index contributed by atoms with van der Waals surface area (Å²) in [7, 11) is -3.83. The summed E-state index contributed by atoms with van der Waals surface area (Å²) < 4.78 is 30.8. The summed E-state index contributed by atoms with van der Waals surface area (Å²) in [4.78, 5) is 24.3. The Morgan fingerprint density at radius 3 is 2.39 bits per heavy atom. The average Bonchev–Trinajstić information content (AvgIpc) is 2.88. The van der Waals surface area contributed by atoms with Crippen molar-refractivity contribution in [3.63, 3.8) is 0 Å². The van der Waals surface area contributed by atoms with Gasteiger partial charge in [0.15, 0.2) is 6.61 Å². The fourth-order valence-electron chi connectivity index (χ4n) is 3.24. The van der Waals surface area contributed by atoms with Crippen molar-refractivity contribution in [3.05, 3.63) is 94.0 Å². The van der Waals surface area contributed by atoms with Gasteiger partial charge in [-0.1, -0.05) is 53.5 Å². The molecule has 12 heteroatoms. The lowest BCUT2D eigenvalue weighted by molar-refractivity contribution is -0.123. The average molecular weight is 577 g/mol. The predicted octanol–water partition coefficient (Wildman–Crippen LogP) is 3.65. The van der Waals surface area contributed by atoms with Crippen LogP contribution in [0.15, 0.2) is 77.9 Å². The Kier molecular flexibility index (Phi) is 10.5. The highest BCUT2D eigenvalue weighted by Crippen LogP contribution is 2.30. The molecule has 3 rings (SSSR count). The minimum Gasteiger partial charge on any atom is -0.484 e. The van der Waals surface area contributed by atoms with E-state index in [1.165, 1.54) is 24.4 Å². The van der Waals surface area contributed by atoms with Crippen LogP contribution in [0.1, 0.15) is 11.1 Å². The molecule has 200 valence electrons. The molecule has 0 aliphatic rings. The van der Waals surface area contributed by atoms with Crippen LogP contribution in [0.4, 0.5) is 5.69 Å². The lowest BCUT2D eigenvalue weighted by Gasteiger charge is -2.22. The zero-order valence-corrected chi connectivity index (χ0v) is 22.8. The van der Waals surface area contributed by atoms with Crippen molar-refractivity contribution < 1.29 is 22.7 Å². The topological polar surface area (TPSA) is 117 Å². The Morgan fingerprint density at radius 2 is 1.71 bits per heavy atom. The molecule has 0 aliphatic heterocycles. The van der Waals surface area contributed by atoms with Crippen molar-refractivity contribution >= 4 is 56.9 Å². The molecule has 0 atom stereocenters. The Morgan fingerprint density at radius 1 is 1.00 bits per heavy atom. The van der Waals surface area contributed by atoms with Gasteiger partial charge in [-0.25, -0.2) is 13.8 Å². The van der Waals surface area contributed by atoms with Gasteiger partial charge in [0.25, 0.3) is 11.8 Å². The van der Waals surface area contributed by atoms with Gasteiger partial charge in [0.1, 0.15) is 12.3 Å². The summed E-state index contributed by atoms with van der Waals surface area (Å²) in [5, 5.41) is 7.07. The highest BCUT2D eigenvalue weighted by Gasteiger charge is 2.23. The first-order valence-corrected chi connectivity index (χ1v) is 14.0. The highest BCUT2D eigenvalue weighted by molar-refractivity contribution is 7.92. The number of ether oxygens (including phenoxy) is 1. The fourth-order valence-corrected chi connectivity index (χ4v) is 4.54. The molecule has 0 bridgehead atoms. The zero-order valence-electron chi connectivity index (χ0n) is 20.4. The summed E-state index contributed by atoms with van der Waals surface area (Å²) in [5.41, 5.74) is 4.15. The molecular weight excluding hydrogens is 551 g/mol. The van der Waals surface area contributed by atoms with Crippen LogP contribution in [0.3, 0.4) is 0 Å². The van der Waals surface area contributed by atoms with Gasteiger partial charge >= 0.3 is 0 Å². The summed E-state index contributed by atoms with van der Waals surface area (Å²) >= 11 is 12.1. The quantitative estimate of drug-likeness (QED) is 0.252. The lowest BCUT2D eigenvalue weighted by Crippen LogP contribution is -2.39. The molecule has 0 radical (unpaired) electrons. The second kappa shape index (κ2) is 13.8. The van der Waals surface area contributed by atoms with E-state index in [1.54, 1.807) is 24.3 Å². The van der Waals surface area contributed by atoms with Gasteiger partial charge in [0.05, 0.1) is 23.2 Å². The molecule has 0 heterocycles. The summed E-state index contributed by atoms with van der Waals surface area (Å²) in [6.07, 6.45) is 3.08. The van der Waals surface area contributed by atoms with Crippen LogP contribution in [0.2, 0.25) is 10.0 Å². The standard InChI is InChI=1S/C26H26Cl2N4O5S/c1-38(35,36)32(24-15-21(27)9-12-23(24)28)17-25(33)31-30-16-20-7-10-22(11-8-20)37-18-26(34)29-14-13-19-5-3-2-4-6-19/h2-12,15-16H,13-14,17-18H2,1H3,(H,29,34)(H,31,33)/b30-16-. The number of hydrogen-bond donors (Lipinski definition) is 2. The first-order valence-electron chi connectivity index (χ1n) is 11.4. The van der Waals surface area contributed by atoms with E-state index in [4.69, 9.17) is 27.9 Å². The number of nitrogens with zero attached hydrogens (tertiary/aromatic N) is 2. The lowest BCUT2D eigenvalue weighted by atomic mass is 10.1. The van der Waals surface area contributed by atoms with Crippen LogP contribution in [0.25, 0.3) is 0 Å². The predicted molar refractivity (Wildman–Crippen MR) is 149 cm³/mol. The van der Waals surface area contributed by atoms with Crippen molar-refractivity contribution in [2.75, 3.05) is 30.3 Å². The first kappa shape index (κ1) is 29.0. The van der Waals surface area contributed by atoms with E-state index in [-0.39, 0.29) is 28.2 Å². The van der Waals surface area contributed by atoms with Crippen LogP contribution in [0, 0.1) is 0 Å². The second-order valence-electron chi connectivity index (χ2n) is 8.10. The van der Waals surface area contributed by atoms with E-state index in [9.17, 15) is 18.0 Å². The van der Waals surface area contributed by atoms with E-state index >= 15 is 0 Å². The number of anilines is 1. The molecule has 2 N–H and O–H groups in total. The number of rotatable bonds is 12. The number of nitrogens with one attached hydrogen (secondary N) is 2. The van der Waals surface area contributed by atoms with Gasteiger partial charge in [-0.05, 0) is 60.0 Å². The van der Waals surface area contributed by atoms with Crippen molar-refractivity contribution in [3.8, 4) is 5.75 Å². The van der Waals surface area contributed by atoms with Crippen molar-refractivity contribution in [1.82, 2.24) is 10.7 Å². The third kappa shape index (κ3) is 9.37. The number of hydrazone groups is 1. The van der Waals surface area contributed by atoms with Gasteiger partial charge in [0, 0.05) is 11.6 Å². The molecule has 3 aromatic rings. The minimum absolute atomic E-state index is 0.0845. The summed E-state index contributed by atoms with van der Waals surface area (Å²) in [5.74, 6) is -0.413. The molecule has 0 aliphatic carbocycles. The Hall–Kier alpha value is -3.60. The van der Waals surface area contributed by atoms with E-state index in [0.29, 0.717) is 17.9 Å². The Bertz CT molecular complexity index is 1380. The number of amides is 2. The van der Waals surface area contributed by atoms with Crippen molar-refractivity contribution in [1.29, 1.82) is 0 Å². The third-order valence-electron chi connectivity index (χ3n) is 5.10. The molecular formula is C26H26Cl2N4O5S. The molecule has 9 nitrogen and oxygen atoms in total. The SMILES string of the molecule is CS(=O)(=O)N(CC(=O)N/N=C\c1ccc(OCC(=O)NCCc2ccccc2)cc1)c1cc(Cl)ccc1Cl. The number of sulfonamides is 1. The zero-order chi connectivity index (χ0) is 27.5. The summed E-state index contributed by atoms with van der Waals surface area (Å²) in [6, 6.07) is 20.9. The monoisotopic (exact) mass is 576 g/mol. The number of carbonyl (C=O) groups is 2. The maximum atomic E-state index is 12.4. The van der Waals surface area contributed by atoms with Crippen LogP contribution < -0.4 is 19.8 Å². The Labute approximate surface area is 231 Å². The molecule has 0 spiro atoms. The molecule has 0 saturated carbocycles. The van der Waals surface area contributed by atoms with Crippen LogP contribution >= 0.6 is 23.2 Å². The van der Waals surface area contributed by atoms with Gasteiger partial charge in [0.2, 0.25) is 10.0 Å². The number of hydrogen-bond acceptors (Lipinski definition) is 6.